The van der Waals surface area contributed by atoms with Crippen molar-refractivity contribution in [1.82, 2.24) is 5.32 Å². The van der Waals surface area contributed by atoms with Gasteiger partial charge in [0.25, 0.3) is 0 Å². The standard InChI is InChI=1S/C12H16NO4Se/c1-17-12(14)11-7-10(8-13-11)18(15,16)9-5-3-2-4-6-9/h2-6,10-11,13H,7-8H2,1H3,(H,15,16)/t10?,11-/m0/s1. The average Bonchev–Trinajstić information content (AvgIpc) is 2.89. The SMILES string of the molecule is COC(=O)[C@@H]1CC([Se](=O)(O)c2ccccc2)CN1. The van der Waals surface area contributed by atoms with Crippen molar-refractivity contribution in [3.63, 3.8) is 0 Å². The molecule has 2 N–H and O–H groups in total. The van der Waals surface area contributed by atoms with Crippen molar-refractivity contribution in [3.05, 3.63) is 30.3 Å². The zero-order chi connectivity index (χ0) is 13.2. The number of nitrogens with one attached hydrogen (secondary N) is 1. The first-order valence-corrected chi connectivity index (χ1v) is 8.98. The Bertz CT molecular complexity index is 476. The summed E-state index contributed by atoms with van der Waals surface area (Å²) in [7, 11) is 1.32. The van der Waals surface area contributed by atoms with Crippen molar-refractivity contribution in [2.75, 3.05) is 13.7 Å². The van der Waals surface area contributed by atoms with Crippen molar-refractivity contribution in [2.45, 2.75) is 17.3 Å². The predicted molar refractivity (Wildman–Crippen MR) is 66.9 cm³/mol. The molecule has 2 unspecified atom stereocenters. The molecule has 1 saturated heterocycles. The minimum absolute atomic E-state index is 0.349. The fourth-order valence-corrected chi connectivity index (χ4v) is 5.66. The van der Waals surface area contributed by atoms with Crippen LogP contribution in [0, 0.1) is 0 Å². The van der Waals surface area contributed by atoms with Crippen molar-refractivity contribution in [1.29, 1.82) is 0 Å². The first-order valence-electron chi connectivity index (χ1n) is 5.67. The summed E-state index contributed by atoms with van der Waals surface area (Å²) >= 11 is -3.97. The third kappa shape index (κ3) is 2.52. The summed E-state index contributed by atoms with van der Waals surface area (Å²) in [5.74, 6) is -0.377. The molecule has 0 aliphatic carbocycles. The number of methoxy groups -OCH3 is 1. The summed E-state index contributed by atoms with van der Waals surface area (Å²) < 4.78 is 27.9. The second-order valence-electron chi connectivity index (χ2n) is 4.22. The van der Waals surface area contributed by atoms with E-state index in [2.05, 4.69) is 10.1 Å². The summed E-state index contributed by atoms with van der Waals surface area (Å²) in [6.07, 6.45) is 0.349. The minimum atomic E-state index is -3.97. The molecule has 1 aromatic carbocycles. The van der Waals surface area contributed by atoms with Gasteiger partial charge in [0.05, 0.1) is 0 Å². The monoisotopic (exact) mass is 318 g/mol. The van der Waals surface area contributed by atoms with Gasteiger partial charge in [0.15, 0.2) is 0 Å². The molecule has 3 atom stereocenters. The molecule has 0 amide bonds. The second kappa shape index (κ2) is 5.28. The van der Waals surface area contributed by atoms with Gasteiger partial charge in [-0.05, 0) is 0 Å². The topological polar surface area (TPSA) is 75.6 Å². The zero-order valence-corrected chi connectivity index (χ0v) is 11.7. The molecule has 0 bridgehead atoms. The number of hydrogen-bond donors (Lipinski definition) is 2. The number of rotatable bonds is 3. The maximum atomic E-state index is 12.5. The van der Waals surface area contributed by atoms with E-state index in [0.29, 0.717) is 17.4 Å². The van der Waals surface area contributed by atoms with Crippen LogP contribution < -0.4 is 9.78 Å². The number of hydrogen-bond acceptors (Lipinski definition) is 4. The van der Waals surface area contributed by atoms with Gasteiger partial charge in [-0.3, -0.25) is 0 Å². The van der Waals surface area contributed by atoms with Gasteiger partial charge < -0.3 is 0 Å². The van der Waals surface area contributed by atoms with Crippen LogP contribution in [0.5, 0.6) is 0 Å². The summed E-state index contributed by atoms with van der Waals surface area (Å²) in [4.78, 5) is 11.0. The van der Waals surface area contributed by atoms with Crippen LogP contribution in [0.15, 0.2) is 30.3 Å². The predicted octanol–water partition coefficient (Wildman–Crippen LogP) is -0.336. The molecule has 6 heteroatoms. The summed E-state index contributed by atoms with van der Waals surface area (Å²) in [5, 5.41) is 2.94. The Morgan fingerprint density at radius 3 is 2.72 bits per heavy atom. The number of carbonyl (C=O) groups excluding carboxylic acids is 1. The Morgan fingerprint density at radius 1 is 1.44 bits per heavy atom. The molecule has 99 valence electrons. The Hall–Kier alpha value is -1.07. The molecule has 18 heavy (non-hydrogen) atoms. The van der Waals surface area contributed by atoms with Gasteiger partial charge in [0, 0.05) is 0 Å². The van der Waals surface area contributed by atoms with E-state index in [4.69, 9.17) is 0 Å². The van der Waals surface area contributed by atoms with Crippen LogP contribution in [0.25, 0.3) is 0 Å². The molecule has 5 nitrogen and oxygen atoms in total. The van der Waals surface area contributed by atoms with Gasteiger partial charge >= 0.3 is 108 Å². The van der Waals surface area contributed by atoms with Gasteiger partial charge in [-0.25, -0.2) is 0 Å². The van der Waals surface area contributed by atoms with Crippen LogP contribution in [-0.4, -0.2) is 43.0 Å². The van der Waals surface area contributed by atoms with E-state index in [1.165, 1.54) is 7.11 Å². The summed E-state index contributed by atoms with van der Waals surface area (Å²) in [5.41, 5.74) is 0. The average molecular weight is 317 g/mol. The van der Waals surface area contributed by atoms with Gasteiger partial charge in [-0.15, -0.1) is 0 Å². The van der Waals surface area contributed by atoms with E-state index in [1.54, 1.807) is 30.3 Å². The molecule has 0 aromatic heterocycles. The first-order chi connectivity index (χ1) is 8.55. The van der Waals surface area contributed by atoms with E-state index in [-0.39, 0.29) is 5.97 Å². The Morgan fingerprint density at radius 2 is 2.11 bits per heavy atom. The summed E-state index contributed by atoms with van der Waals surface area (Å²) in [6, 6.07) is 8.16. The normalized spacial score (nSPS) is 26.6. The van der Waals surface area contributed by atoms with E-state index in [9.17, 15) is 12.8 Å². The fraction of sp³-hybridized carbons (Fsp3) is 0.417. The van der Waals surface area contributed by atoms with Gasteiger partial charge in [0.1, 0.15) is 0 Å². The molecule has 1 aliphatic rings. The Labute approximate surface area is 108 Å². The molecular formula is C12H16NO4Se. The molecule has 2 rings (SSSR count). The van der Waals surface area contributed by atoms with Crippen molar-refractivity contribution >= 4 is 23.5 Å². The quantitative estimate of drug-likeness (QED) is 0.589. The number of esters is 1. The van der Waals surface area contributed by atoms with E-state index < -0.39 is 24.0 Å². The van der Waals surface area contributed by atoms with Crippen molar-refractivity contribution in [3.8, 4) is 0 Å². The third-order valence-corrected chi connectivity index (χ3v) is 7.75. The molecule has 1 heterocycles. The Kier molecular flexibility index (Phi) is 3.92. The van der Waals surface area contributed by atoms with Gasteiger partial charge in [-0.2, -0.15) is 0 Å². The van der Waals surface area contributed by atoms with Crippen LogP contribution in [0.3, 0.4) is 0 Å². The van der Waals surface area contributed by atoms with Crippen LogP contribution in [0.4, 0.5) is 0 Å². The molecular weight excluding hydrogens is 301 g/mol. The van der Waals surface area contributed by atoms with Crippen LogP contribution in [0.1, 0.15) is 6.42 Å². The molecule has 1 aliphatic heterocycles. The van der Waals surface area contributed by atoms with Crippen LogP contribution in [0.2, 0.25) is 4.82 Å². The maximum absolute atomic E-state index is 12.5. The van der Waals surface area contributed by atoms with E-state index >= 15 is 0 Å². The van der Waals surface area contributed by atoms with Gasteiger partial charge in [0.2, 0.25) is 0 Å². The Balaban J connectivity index is 2.14. The molecule has 1 radical (unpaired) electrons. The number of benzene rings is 1. The van der Waals surface area contributed by atoms with Crippen LogP contribution in [-0.2, 0) is 13.4 Å². The van der Waals surface area contributed by atoms with E-state index in [1.807, 2.05) is 0 Å². The fourth-order valence-electron chi connectivity index (χ4n) is 2.08. The van der Waals surface area contributed by atoms with E-state index in [0.717, 1.165) is 0 Å². The van der Waals surface area contributed by atoms with Gasteiger partial charge in [-0.1, -0.05) is 0 Å². The summed E-state index contributed by atoms with van der Waals surface area (Å²) in [6.45, 7) is 0.370. The van der Waals surface area contributed by atoms with Crippen molar-refractivity contribution in [2.24, 2.45) is 0 Å². The molecule has 1 aromatic rings. The molecule has 1 fully saturated rings. The third-order valence-electron chi connectivity index (χ3n) is 3.11. The zero-order valence-electron chi connectivity index (χ0n) is 10.0. The van der Waals surface area contributed by atoms with Crippen LogP contribution >= 0.6 is 0 Å². The molecule has 0 saturated carbocycles. The number of ether oxygens (including phenoxy) is 1. The number of carbonyl (C=O) groups is 1. The first kappa shape index (κ1) is 13.4. The second-order valence-corrected chi connectivity index (χ2v) is 9.00. The molecule has 0 spiro atoms. The van der Waals surface area contributed by atoms with Crippen molar-refractivity contribution < 1.29 is 17.6 Å².